The second kappa shape index (κ2) is 8.67. The molecule has 1 aliphatic heterocycles. The zero-order valence-electron chi connectivity index (χ0n) is 18.9. The molecule has 8 heteroatoms. The van der Waals surface area contributed by atoms with Crippen molar-refractivity contribution in [2.24, 2.45) is 0 Å². The summed E-state index contributed by atoms with van der Waals surface area (Å²) in [5.41, 5.74) is 1.86. The van der Waals surface area contributed by atoms with Gasteiger partial charge in [-0.25, -0.2) is 8.42 Å². The Morgan fingerprint density at radius 1 is 1.12 bits per heavy atom. The van der Waals surface area contributed by atoms with Gasteiger partial charge >= 0.3 is 0 Å². The van der Waals surface area contributed by atoms with Crippen molar-refractivity contribution >= 4 is 10.0 Å². The van der Waals surface area contributed by atoms with Gasteiger partial charge in [0.05, 0.1) is 17.9 Å². The van der Waals surface area contributed by atoms with Crippen molar-refractivity contribution in [1.29, 1.82) is 0 Å². The maximum atomic E-state index is 13.3. The van der Waals surface area contributed by atoms with Crippen molar-refractivity contribution in [3.8, 4) is 17.1 Å². The fraction of sp³-hybridized carbons (Fsp3) is 0.417. The Kier molecular flexibility index (Phi) is 6.09. The zero-order chi connectivity index (χ0) is 22.9. The van der Waals surface area contributed by atoms with Gasteiger partial charge in [0.15, 0.2) is 0 Å². The van der Waals surface area contributed by atoms with Gasteiger partial charge in [-0.3, -0.25) is 0 Å². The smallest absolute Gasteiger partial charge is 0.243 e. The van der Waals surface area contributed by atoms with E-state index in [1.165, 1.54) is 4.31 Å². The van der Waals surface area contributed by atoms with Gasteiger partial charge in [0.1, 0.15) is 5.75 Å². The number of nitrogens with zero attached hydrogens (tertiary/aromatic N) is 3. The fourth-order valence-electron chi connectivity index (χ4n) is 3.92. The van der Waals surface area contributed by atoms with E-state index in [2.05, 4.69) is 30.9 Å². The Balaban J connectivity index is 1.53. The number of rotatable bonds is 5. The minimum atomic E-state index is -3.59. The highest BCUT2D eigenvalue weighted by molar-refractivity contribution is 7.89. The van der Waals surface area contributed by atoms with Crippen LogP contribution in [0.4, 0.5) is 0 Å². The molecule has 2 heterocycles. The first-order valence-electron chi connectivity index (χ1n) is 10.8. The van der Waals surface area contributed by atoms with Gasteiger partial charge in [0.25, 0.3) is 0 Å². The van der Waals surface area contributed by atoms with E-state index in [9.17, 15) is 8.42 Å². The molecule has 1 aliphatic rings. The summed E-state index contributed by atoms with van der Waals surface area (Å²) >= 11 is 0. The largest absolute Gasteiger partial charge is 0.497 e. The monoisotopic (exact) mass is 455 g/mol. The van der Waals surface area contributed by atoms with Gasteiger partial charge < -0.3 is 9.26 Å². The van der Waals surface area contributed by atoms with Crippen molar-refractivity contribution in [2.45, 2.75) is 49.8 Å². The molecule has 0 aliphatic carbocycles. The van der Waals surface area contributed by atoms with E-state index in [0.717, 1.165) is 24.0 Å². The second-order valence-electron chi connectivity index (χ2n) is 9.16. The molecule has 3 aromatic rings. The summed E-state index contributed by atoms with van der Waals surface area (Å²) in [4.78, 5) is 4.87. The first-order chi connectivity index (χ1) is 15.2. The highest BCUT2D eigenvalue weighted by atomic mass is 32.2. The Morgan fingerprint density at radius 2 is 1.88 bits per heavy atom. The SMILES string of the molecule is COc1cccc(-c2noc(C3CCCN(S(=O)(=O)c4ccc(C(C)(C)C)cc4)C3)n2)c1. The third-order valence-electron chi connectivity index (χ3n) is 5.86. The number of aromatic nitrogens is 2. The van der Waals surface area contributed by atoms with Crippen LogP contribution in [0.2, 0.25) is 0 Å². The van der Waals surface area contributed by atoms with Gasteiger partial charge in [-0.05, 0) is 48.1 Å². The van der Waals surface area contributed by atoms with E-state index in [1.54, 1.807) is 19.2 Å². The van der Waals surface area contributed by atoms with Crippen LogP contribution in [0.15, 0.2) is 57.9 Å². The minimum Gasteiger partial charge on any atom is -0.497 e. The number of sulfonamides is 1. The molecule has 4 rings (SSSR count). The summed E-state index contributed by atoms with van der Waals surface area (Å²) in [6, 6.07) is 14.6. The summed E-state index contributed by atoms with van der Waals surface area (Å²) in [5, 5.41) is 4.11. The molecule has 0 radical (unpaired) electrons. The predicted octanol–water partition coefficient (Wildman–Crippen LogP) is 4.61. The molecule has 32 heavy (non-hydrogen) atoms. The van der Waals surface area contributed by atoms with Crippen LogP contribution in [0.25, 0.3) is 11.4 Å². The molecular weight excluding hydrogens is 426 g/mol. The fourth-order valence-corrected chi connectivity index (χ4v) is 5.44. The third kappa shape index (κ3) is 4.56. The van der Waals surface area contributed by atoms with E-state index in [-0.39, 0.29) is 11.3 Å². The van der Waals surface area contributed by atoms with Crippen molar-refractivity contribution in [1.82, 2.24) is 14.4 Å². The van der Waals surface area contributed by atoms with Crippen molar-refractivity contribution in [3.05, 3.63) is 60.0 Å². The average Bonchev–Trinajstić information content (AvgIpc) is 3.29. The number of hydrogen-bond acceptors (Lipinski definition) is 6. The van der Waals surface area contributed by atoms with Crippen LogP contribution in [0.1, 0.15) is 51.0 Å². The number of methoxy groups -OCH3 is 1. The number of ether oxygens (including phenoxy) is 1. The van der Waals surface area contributed by atoms with E-state index in [0.29, 0.717) is 35.4 Å². The Labute approximate surface area is 189 Å². The van der Waals surface area contributed by atoms with Gasteiger partial charge in [-0.15, -0.1) is 0 Å². The molecule has 1 atom stereocenters. The van der Waals surface area contributed by atoms with Crippen LogP contribution < -0.4 is 4.74 Å². The summed E-state index contributed by atoms with van der Waals surface area (Å²) in [6.07, 6.45) is 1.54. The molecule has 170 valence electrons. The maximum Gasteiger partial charge on any atom is 0.243 e. The van der Waals surface area contributed by atoms with Crippen LogP contribution in [-0.4, -0.2) is 43.1 Å². The molecule has 0 amide bonds. The molecular formula is C24H29N3O4S. The lowest BCUT2D eigenvalue weighted by Crippen LogP contribution is -2.39. The molecule has 1 aromatic heterocycles. The summed E-state index contributed by atoms with van der Waals surface area (Å²) in [7, 11) is -1.99. The molecule has 2 aromatic carbocycles. The molecule has 1 unspecified atom stereocenters. The first-order valence-corrected chi connectivity index (χ1v) is 12.2. The van der Waals surface area contributed by atoms with Crippen molar-refractivity contribution in [3.63, 3.8) is 0 Å². The molecule has 0 spiro atoms. The normalized spacial score (nSPS) is 17.9. The topological polar surface area (TPSA) is 85.5 Å². The van der Waals surface area contributed by atoms with Crippen LogP contribution >= 0.6 is 0 Å². The quantitative estimate of drug-likeness (QED) is 0.558. The van der Waals surface area contributed by atoms with Crippen LogP contribution in [0.5, 0.6) is 5.75 Å². The van der Waals surface area contributed by atoms with E-state index < -0.39 is 10.0 Å². The maximum absolute atomic E-state index is 13.3. The van der Waals surface area contributed by atoms with Crippen LogP contribution in [0.3, 0.4) is 0 Å². The highest BCUT2D eigenvalue weighted by Crippen LogP contribution is 2.32. The lowest BCUT2D eigenvalue weighted by atomic mass is 9.87. The van der Waals surface area contributed by atoms with Gasteiger partial charge in [-0.2, -0.15) is 9.29 Å². The minimum absolute atomic E-state index is 0.0308. The Hall–Kier alpha value is -2.71. The number of piperidine rings is 1. The van der Waals surface area contributed by atoms with Gasteiger partial charge in [0, 0.05) is 18.7 Å². The molecule has 0 saturated carbocycles. The molecule has 0 bridgehead atoms. The summed E-state index contributed by atoms with van der Waals surface area (Å²) < 4.78 is 38.9. The molecule has 0 N–H and O–H groups in total. The predicted molar refractivity (Wildman–Crippen MR) is 122 cm³/mol. The van der Waals surface area contributed by atoms with E-state index in [4.69, 9.17) is 9.26 Å². The lowest BCUT2D eigenvalue weighted by molar-refractivity contribution is 0.265. The third-order valence-corrected chi connectivity index (χ3v) is 7.74. The van der Waals surface area contributed by atoms with Crippen molar-refractivity contribution < 1.29 is 17.7 Å². The molecule has 7 nitrogen and oxygen atoms in total. The number of benzene rings is 2. The Morgan fingerprint density at radius 3 is 2.56 bits per heavy atom. The lowest BCUT2D eigenvalue weighted by Gasteiger charge is -2.30. The first kappa shape index (κ1) is 22.5. The van der Waals surface area contributed by atoms with E-state index in [1.807, 2.05) is 36.4 Å². The van der Waals surface area contributed by atoms with Crippen LogP contribution in [0, 0.1) is 0 Å². The number of hydrogen-bond donors (Lipinski definition) is 0. The van der Waals surface area contributed by atoms with Gasteiger partial charge in [-0.1, -0.05) is 50.2 Å². The standard InChI is InChI=1S/C24H29N3O4S/c1-24(2,3)19-10-12-21(13-11-19)32(28,29)27-14-6-8-18(16-27)23-25-22(26-31-23)17-7-5-9-20(15-17)30-4/h5,7,9-13,15,18H,6,8,14,16H2,1-4H3. The van der Waals surface area contributed by atoms with Crippen LogP contribution in [-0.2, 0) is 15.4 Å². The Bertz CT molecular complexity index is 1180. The summed E-state index contributed by atoms with van der Waals surface area (Å²) in [5.74, 6) is 1.50. The molecule has 1 saturated heterocycles. The van der Waals surface area contributed by atoms with Crippen molar-refractivity contribution in [2.75, 3.05) is 20.2 Å². The second-order valence-corrected chi connectivity index (χ2v) is 11.1. The van der Waals surface area contributed by atoms with E-state index >= 15 is 0 Å². The zero-order valence-corrected chi connectivity index (χ0v) is 19.7. The highest BCUT2D eigenvalue weighted by Gasteiger charge is 2.33. The molecule has 1 fully saturated rings. The average molecular weight is 456 g/mol. The summed E-state index contributed by atoms with van der Waals surface area (Å²) in [6.45, 7) is 7.13. The van der Waals surface area contributed by atoms with Gasteiger partial charge in [0.2, 0.25) is 21.7 Å².